The third-order valence-electron chi connectivity index (χ3n) is 1.77. The van der Waals surface area contributed by atoms with Gasteiger partial charge in [-0.25, -0.2) is 4.39 Å². The highest BCUT2D eigenvalue weighted by Gasteiger charge is 2.06. The third-order valence-corrected chi connectivity index (χ3v) is 1.77. The molecule has 0 amide bonds. The van der Waals surface area contributed by atoms with Crippen molar-refractivity contribution in [2.75, 3.05) is 0 Å². The number of benzene rings is 1. The summed E-state index contributed by atoms with van der Waals surface area (Å²) < 4.78 is 13.0. The molecule has 0 bridgehead atoms. The zero-order chi connectivity index (χ0) is 9.84. The maximum atomic E-state index is 13.0. The van der Waals surface area contributed by atoms with E-state index in [-0.39, 0.29) is 11.3 Å². The van der Waals surface area contributed by atoms with E-state index in [2.05, 4.69) is 0 Å². The Morgan fingerprint density at radius 2 is 2.23 bits per heavy atom. The van der Waals surface area contributed by atoms with Gasteiger partial charge in [-0.2, -0.15) is 0 Å². The lowest BCUT2D eigenvalue weighted by Gasteiger charge is -1.99. The minimum atomic E-state index is -0.644. The van der Waals surface area contributed by atoms with Crippen molar-refractivity contribution in [1.82, 2.24) is 0 Å². The first-order valence-electron chi connectivity index (χ1n) is 3.97. The summed E-state index contributed by atoms with van der Waals surface area (Å²) in [4.78, 5) is 21.4. The number of halogens is 1. The Morgan fingerprint density at radius 3 is 2.69 bits per heavy atom. The molecule has 13 heavy (non-hydrogen) atoms. The Balaban J connectivity index is 3.09. The fourth-order valence-corrected chi connectivity index (χ4v) is 1.00. The predicted octanol–water partition coefficient (Wildman–Crippen LogP) is 2.23. The number of rotatable bonds is 3. The van der Waals surface area contributed by atoms with E-state index in [1.807, 2.05) is 0 Å². The number of hydrogen-bond donors (Lipinski definition) is 0. The van der Waals surface area contributed by atoms with Crippen molar-refractivity contribution in [1.29, 1.82) is 0 Å². The summed E-state index contributed by atoms with van der Waals surface area (Å²) in [5.41, 5.74) is 0.290. The molecule has 0 atom stereocenters. The predicted molar refractivity (Wildman–Crippen MR) is 46.4 cm³/mol. The van der Waals surface area contributed by atoms with Crippen LogP contribution in [0.25, 0.3) is 0 Å². The highest BCUT2D eigenvalue weighted by molar-refractivity contribution is 5.96. The molecule has 0 heterocycles. The van der Waals surface area contributed by atoms with Crippen LogP contribution in [0.4, 0.5) is 4.39 Å². The second-order valence-electron chi connectivity index (χ2n) is 2.63. The van der Waals surface area contributed by atoms with Gasteiger partial charge in [-0.15, -0.1) is 0 Å². The lowest BCUT2D eigenvalue weighted by molar-refractivity contribution is 0.0986. The van der Waals surface area contributed by atoms with E-state index in [9.17, 15) is 14.0 Å². The minimum Gasteiger partial charge on any atom is -0.298 e. The fraction of sp³-hybridized carbons (Fsp3) is 0.200. The Labute approximate surface area is 75.4 Å². The quantitative estimate of drug-likeness (QED) is 0.528. The van der Waals surface area contributed by atoms with E-state index in [1.54, 1.807) is 6.92 Å². The molecule has 68 valence electrons. The molecule has 2 nitrogen and oxygen atoms in total. The van der Waals surface area contributed by atoms with Crippen molar-refractivity contribution in [3.05, 3.63) is 35.1 Å². The molecule has 1 aromatic carbocycles. The van der Waals surface area contributed by atoms with Crippen LogP contribution in [0.15, 0.2) is 18.2 Å². The molecule has 0 spiro atoms. The molecule has 0 aliphatic carbocycles. The summed E-state index contributed by atoms with van der Waals surface area (Å²) in [6, 6.07) is 3.86. The van der Waals surface area contributed by atoms with Gasteiger partial charge in [-0.3, -0.25) is 9.59 Å². The molecule has 0 aliphatic rings. The molecule has 0 N–H and O–H groups in total. The van der Waals surface area contributed by atoms with Crippen LogP contribution in [0, 0.1) is 5.82 Å². The highest BCUT2D eigenvalue weighted by atomic mass is 19.1. The van der Waals surface area contributed by atoms with Gasteiger partial charge in [0.05, 0.1) is 5.56 Å². The van der Waals surface area contributed by atoms with Gasteiger partial charge in [-0.05, 0) is 12.1 Å². The summed E-state index contributed by atoms with van der Waals surface area (Å²) in [5.74, 6) is -0.773. The Kier molecular flexibility index (Phi) is 2.90. The van der Waals surface area contributed by atoms with Crippen LogP contribution in [-0.2, 0) is 0 Å². The smallest absolute Gasteiger partial charge is 0.162 e. The van der Waals surface area contributed by atoms with Gasteiger partial charge in [0, 0.05) is 12.0 Å². The van der Waals surface area contributed by atoms with Gasteiger partial charge < -0.3 is 0 Å². The maximum absolute atomic E-state index is 13.0. The summed E-state index contributed by atoms with van der Waals surface area (Å²) in [6.07, 6.45) is 0.759. The third kappa shape index (κ3) is 1.99. The van der Waals surface area contributed by atoms with E-state index in [1.165, 1.54) is 12.1 Å². The molecule has 1 aromatic rings. The minimum absolute atomic E-state index is 0.0207. The van der Waals surface area contributed by atoms with Crippen LogP contribution in [-0.4, -0.2) is 12.1 Å². The molecule has 0 aromatic heterocycles. The first kappa shape index (κ1) is 9.58. The second kappa shape index (κ2) is 3.94. The fourth-order valence-electron chi connectivity index (χ4n) is 1.00. The summed E-state index contributed by atoms with van der Waals surface area (Å²) >= 11 is 0. The van der Waals surface area contributed by atoms with Gasteiger partial charge >= 0.3 is 0 Å². The van der Waals surface area contributed by atoms with Gasteiger partial charge in [0.25, 0.3) is 0 Å². The molecule has 0 radical (unpaired) electrons. The maximum Gasteiger partial charge on any atom is 0.162 e. The summed E-state index contributed by atoms with van der Waals surface area (Å²) in [6.45, 7) is 1.70. The van der Waals surface area contributed by atoms with E-state index in [4.69, 9.17) is 0 Å². The van der Waals surface area contributed by atoms with Crippen LogP contribution in [0.3, 0.4) is 0 Å². The summed E-state index contributed by atoms with van der Waals surface area (Å²) in [7, 11) is 0. The molecule has 0 fully saturated rings. The van der Waals surface area contributed by atoms with Gasteiger partial charge in [0.1, 0.15) is 5.82 Å². The Hall–Kier alpha value is -1.51. The van der Waals surface area contributed by atoms with Gasteiger partial charge in [-0.1, -0.05) is 13.0 Å². The van der Waals surface area contributed by atoms with Crippen LogP contribution in [0.5, 0.6) is 0 Å². The van der Waals surface area contributed by atoms with Crippen molar-refractivity contribution in [3.8, 4) is 0 Å². The van der Waals surface area contributed by atoms with Crippen molar-refractivity contribution in [3.63, 3.8) is 0 Å². The van der Waals surface area contributed by atoms with Gasteiger partial charge in [0.15, 0.2) is 12.1 Å². The van der Waals surface area contributed by atoms with Crippen molar-refractivity contribution >= 4 is 12.1 Å². The standard InChI is InChI=1S/C10H9FO2/c1-2-10(13)7-3-4-8(6-12)9(11)5-7/h3-6H,2H2,1H3. The Morgan fingerprint density at radius 1 is 1.54 bits per heavy atom. The number of aldehydes is 1. The normalized spacial score (nSPS) is 9.69. The average Bonchev–Trinajstić information content (AvgIpc) is 2.16. The molecular weight excluding hydrogens is 171 g/mol. The van der Waals surface area contributed by atoms with Crippen LogP contribution < -0.4 is 0 Å². The monoisotopic (exact) mass is 180 g/mol. The molecular formula is C10H9FO2. The van der Waals surface area contributed by atoms with Gasteiger partial charge in [0.2, 0.25) is 0 Å². The topological polar surface area (TPSA) is 34.1 Å². The molecule has 3 heteroatoms. The van der Waals surface area contributed by atoms with E-state index in [0.717, 1.165) is 6.07 Å². The number of Topliss-reactive ketones (excluding diaryl/α,β-unsaturated/α-hetero) is 1. The molecule has 0 aliphatic heterocycles. The van der Waals surface area contributed by atoms with Crippen molar-refractivity contribution in [2.45, 2.75) is 13.3 Å². The second-order valence-corrected chi connectivity index (χ2v) is 2.63. The zero-order valence-electron chi connectivity index (χ0n) is 7.21. The number of carbonyl (C=O) groups is 2. The summed E-state index contributed by atoms with van der Waals surface area (Å²) in [5, 5.41) is 0. The first-order chi connectivity index (χ1) is 6.19. The van der Waals surface area contributed by atoms with Crippen LogP contribution in [0.1, 0.15) is 34.1 Å². The molecule has 1 rings (SSSR count). The highest BCUT2D eigenvalue weighted by Crippen LogP contribution is 2.10. The molecule has 0 saturated carbocycles. The van der Waals surface area contributed by atoms with E-state index in [0.29, 0.717) is 18.3 Å². The van der Waals surface area contributed by atoms with Crippen LogP contribution >= 0.6 is 0 Å². The lowest BCUT2D eigenvalue weighted by Crippen LogP contribution is -1.98. The SMILES string of the molecule is CCC(=O)c1ccc(C=O)c(F)c1. The van der Waals surface area contributed by atoms with Crippen LogP contribution in [0.2, 0.25) is 0 Å². The van der Waals surface area contributed by atoms with Crippen molar-refractivity contribution < 1.29 is 14.0 Å². The number of carbonyl (C=O) groups excluding carboxylic acids is 2. The van der Waals surface area contributed by atoms with E-state index >= 15 is 0 Å². The lowest BCUT2D eigenvalue weighted by atomic mass is 10.1. The number of hydrogen-bond acceptors (Lipinski definition) is 2. The molecule has 0 unspecified atom stereocenters. The zero-order valence-corrected chi connectivity index (χ0v) is 7.21. The molecule has 0 saturated heterocycles. The Bertz CT molecular complexity index is 345. The number of ketones is 1. The van der Waals surface area contributed by atoms with E-state index < -0.39 is 5.82 Å². The van der Waals surface area contributed by atoms with Crippen molar-refractivity contribution in [2.24, 2.45) is 0 Å². The largest absolute Gasteiger partial charge is 0.298 e. The first-order valence-corrected chi connectivity index (χ1v) is 3.97. The average molecular weight is 180 g/mol.